The van der Waals surface area contributed by atoms with Gasteiger partial charge < -0.3 is 14.6 Å². The third-order valence-electron chi connectivity index (χ3n) is 2.84. The maximum Gasteiger partial charge on any atom is 0.321 e. The van der Waals surface area contributed by atoms with E-state index in [-0.39, 0.29) is 5.37 Å². The standard InChI is InChI=1S/C12H14INO4S/c1-17-9-4-6(3-7(13)10(9)18-2)11-14-8(5-19-11)12(15)16/h3-4,8,11,14H,5H2,1-2H3,(H,15,16)/t8-,11+/m0/s1. The molecule has 2 N–H and O–H groups in total. The van der Waals surface area contributed by atoms with E-state index >= 15 is 0 Å². The van der Waals surface area contributed by atoms with E-state index in [0.717, 1.165) is 9.13 Å². The average molecular weight is 395 g/mol. The van der Waals surface area contributed by atoms with E-state index in [1.54, 1.807) is 26.0 Å². The molecule has 1 saturated heterocycles. The highest BCUT2D eigenvalue weighted by atomic mass is 127. The van der Waals surface area contributed by atoms with E-state index in [1.165, 1.54) is 0 Å². The third kappa shape index (κ3) is 3.09. The molecular formula is C12H14INO4S. The van der Waals surface area contributed by atoms with Gasteiger partial charge in [-0.25, -0.2) is 0 Å². The molecule has 0 saturated carbocycles. The number of benzene rings is 1. The molecule has 1 aliphatic heterocycles. The Morgan fingerprint density at radius 1 is 1.47 bits per heavy atom. The van der Waals surface area contributed by atoms with Crippen LogP contribution in [-0.2, 0) is 4.79 Å². The molecule has 1 fully saturated rings. The number of carboxylic acids is 1. The van der Waals surface area contributed by atoms with Crippen LogP contribution in [0.3, 0.4) is 0 Å². The van der Waals surface area contributed by atoms with Crippen molar-refractivity contribution in [2.75, 3.05) is 20.0 Å². The highest BCUT2D eigenvalue weighted by Crippen LogP contribution is 2.40. The lowest BCUT2D eigenvalue weighted by molar-refractivity contribution is -0.138. The number of halogens is 1. The van der Waals surface area contributed by atoms with Gasteiger partial charge in [0.15, 0.2) is 11.5 Å². The molecule has 0 spiro atoms. The SMILES string of the molecule is COc1cc([C@@H]2N[C@H](C(=O)O)CS2)cc(I)c1OC. The van der Waals surface area contributed by atoms with E-state index in [1.807, 2.05) is 12.1 Å². The van der Waals surface area contributed by atoms with Crippen molar-refractivity contribution >= 4 is 40.3 Å². The molecule has 1 aliphatic rings. The first kappa shape index (κ1) is 14.7. The van der Waals surface area contributed by atoms with Crippen LogP contribution in [0, 0.1) is 3.57 Å². The van der Waals surface area contributed by atoms with Crippen molar-refractivity contribution in [3.63, 3.8) is 0 Å². The number of thioether (sulfide) groups is 1. The zero-order chi connectivity index (χ0) is 14.0. The molecule has 19 heavy (non-hydrogen) atoms. The molecule has 1 aromatic rings. The quantitative estimate of drug-likeness (QED) is 0.762. The average Bonchev–Trinajstić information content (AvgIpc) is 2.87. The van der Waals surface area contributed by atoms with E-state index in [2.05, 4.69) is 27.9 Å². The maximum absolute atomic E-state index is 10.9. The molecule has 0 amide bonds. The van der Waals surface area contributed by atoms with Gasteiger partial charge in [-0.15, -0.1) is 11.8 Å². The topological polar surface area (TPSA) is 67.8 Å². The Labute approximate surface area is 129 Å². The molecule has 0 aromatic heterocycles. The minimum absolute atomic E-state index is 0.0329. The molecule has 0 bridgehead atoms. The molecule has 7 heteroatoms. The summed E-state index contributed by atoms with van der Waals surface area (Å²) >= 11 is 3.76. The summed E-state index contributed by atoms with van der Waals surface area (Å²) in [4.78, 5) is 10.9. The summed E-state index contributed by atoms with van der Waals surface area (Å²) in [5.74, 6) is 1.10. The zero-order valence-corrected chi connectivity index (χ0v) is 13.4. The Balaban J connectivity index is 2.27. The van der Waals surface area contributed by atoms with Crippen molar-refractivity contribution < 1.29 is 19.4 Å². The van der Waals surface area contributed by atoms with Gasteiger partial charge in [-0.3, -0.25) is 10.1 Å². The van der Waals surface area contributed by atoms with Crippen molar-refractivity contribution in [3.05, 3.63) is 21.3 Å². The van der Waals surface area contributed by atoms with E-state index in [0.29, 0.717) is 17.3 Å². The van der Waals surface area contributed by atoms with Crippen LogP contribution < -0.4 is 14.8 Å². The van der Waals surface area contributed by atoms with Crippen molar-refractivity contribution in [3.8, 4) is 11.5 Å². The van der Waals surface area contributed by atoms with Crippen molar-refractivity contribution in [1.29, 1.82) is 0 Å². The monoisotopic (exact) mass is 395 g/mol. The minimum Gasteiger partial charge on any atom is -0.493 e. The maximum atomic E-state index is 10.9. The van der Waals surface area contributed by atoms with Crippen molar-refractivity contribution in [2.24, 2.45) is 0 Å². The molecule has 2 atom stereocenters. The largest absolute Gasteiger partial charge is 0.493 e. The van der Waals surface area contributed by atoms with Gasteiger partial charge in [-0.05, 0) is 40.3 Å². The predicted molar refractivity (Wildman–Crippen MR) is 82.0 cm³/mol. The molecule has 2 rings (SSSR count). The Morgan fingerprint density at radius 2 is 2.21 bits per heavy atom. The highest BCUT2D eigenvalue weighted by Gasteiger charge is 2.31. The van der Waals surface area contributed by atoms with Gasteiger partial charge in [0.05, 0.1) is 23.2 Å². The van der Waals surface area contributed by atoms with Crippen LogP contribution in [0.4, 0.5) is 0 Å². The zero-order valence-electron chi connectivity index (χ0n) is 10.5. The van der Waals surface area contributed by atoms with Gasteiger partial charge in [-0.1, -0.05) is 0 Å². The first-order valence-corrected chi connectivity index (χ1v) is 7.71. The second-order valence-electron chi connectivity index (χ2n) is 4.01. The minimum atomic E-state index is -0.815. The number of carbonyl (C=O) groups is 1. The smallest absolute Gasteiger partial charge is 0.321 e. The molecule has 0 aliphatic carbocycles. The summed E-state index contributed by atoms with van der Waals surface area (Å²) in [6.45, 7) is 0. The Bertz CT molecular complexity index is 497. The van der Waals surface area contributed by atoms with Gasteiger partial charge >= 0.3 is 5.97 Å². The number of nitrogens with one attached hydrogen (secondary N) is 1. The van der Waals surface area contributed by atoms with Gasteiger partial charge in [0.2, 0.25) is 0 Å². The number of hydrogen-bond acceptors (Lipinski definition) is 5. The summed E-state index contributed by atoms with van der Waals surface area (Å²) < 4.78 is 11.5. The fraction of sp³-hybridized carbons (Fsp3) is 0.417. The van der Waals surface area contributed by atoms with Gasteiger partial charge in [0, 0.05) is 5.75 Å². The van der Waals surface area contributed by atoms with Crippen molar-refractivity contribution in [2.45, 2.75) is 11.4 Å². The number of aliphatic carboxylic acids is 1. The number of carboxylic acid groups (broad SMARTS) is 1. The molecule has 104 valence electrons. The summed E-state index contributed by atoms with van der Waals surface area (Å²) in [5.41, 5.74) is 0.996. The Kier molecular flexibility index (Phi) is 4.80. The van der Waals surface area contributed by atoms with Gasteiger partial charge in [-0.2, -0.15) is 0 Å². The number of methoxy groups -OCH3 is 2. The number of hydrogen-bond donors (Lipinski definition) is 2. The molecule has 1 aromatic carbocycles. The fourth-order valence-corrected chi connectivity index (χ4v) is 3.95. The van der Waals surface area contributed by atoms with Crippen LogP contribution in [0.1, 0.15) is 10.9 Å². The first-order valence-electron chi connectivity index (χ1n) is 5.58. The normalized spacial score (nSPS) is 22.3. The first-order chi connectivity index (χ1) is 9.06. The van der Waals surface area contributed by atoms with Gasteiger partial charge in [0.1, 0.15) is 6.04 Å². The Hall–Kier alpha value is -0.670. The van der Waals surface area contributed by atoms with Crippen LogP contribution in [0.5, 0.6) is 11.5 Å². The lowest BCUT2D eigenvalue weighted by atomic mass is 10.2. The van der Waals surface area contributed by atoms with E-state index in [9.17, 15) is 4.79 Å². The third-order valence-corrected chi connectivity index (χ3v) is 4.91. The molecular weight excluding hydrogens is 381 g/mol. The lowest BCUT2D eigenvalue weighted by Crippen LogP contribution is -2.33. The lowest BCUT2D eigenvalue weighted by Gasteiger charge is -2.16. The highest BCUT2D eigenvalue weighted by molar-refractivity contribution is 14.1. The van der Waals surface area contributed by atoms with Crippen LogP contribution in [-0.4, -0.2) is 37.1 Å². The molecule has 0 unspecified atom stereocenters. The molecule has 1 heterocycles. The van der Waals surface area contributed by atoms with Crippen molar-refractivity contribution in [1.82, 2.24) is 5.32 Å². The summed E-state index contributed by atoms with van der Waals surface area (Å²) in [6.07, 6.45) is 0. The second kappa shape index (κ2) is 6.19. The number of rotatable bonds is 4. The Morgan fingerprint density at radius 3 is 2.74 bits per heavy atom. The van der Waals surface area contributed by atoms with E-state index < -0.39 is 12.0 Å². The molecule has 0 radical (unpaired) electrons. The number of ether oxygens (including phenoxy) is 2. The molecule has 5 nitrogen and oxygen atoms in total. The van der Waals surface area contributed by atoms with Crippen LogP contribution in [0.25, 0.3) is 0 Å². The summed E-state index contributed by atoms with van der Waals surface area (Å²) in [6, 6.07) is 3.37. The fourth-order valence-electron chi connectivity index (χ4n) is 1.90. The summed E-state index contributed by atoms with van der Waals surface area (Å²) in [5, 5.41) is 12.0. The van der Waals surface area contributed by atoms with E-state index in [4.69, 9.17) is 14.6 Å². The second-order valence-corrected chi connectivity index (χ2v) is 6.31. The van der Waals surface area contributed by atoms with Crippen LogP contribution in [0.2, 0.25) is 0 Å². The summed E-state index contributed by atoms with van der Waals surface area (Å²) in [7, 11) is 3.19. The van der Waals surface area contributed by atoms with Crippen LogP contribution >= 0.6 is 34.4 Å². The van der Waals surface area contributed by atoms with Crippen LogP contribution in [0.15, 0.2) is 12.1 Å². The van der Waals surface area contributed by atoms with Gasteiger partial charge in [0.25, 0.3) is 0 Å². The predicted octanol–water partition coefficient (Wildman–Crippen LogP) is 2.10.